The number of hydrazone groups is 1. The minimum absolute atomic E-state index is 0.0136. The van der Waals surface area contributed by atoms with Gasteiger partial charge in [-0.1, -0.05) is 13.8 Å². The van der Waals surface area contributed by atoms with Crippen LogP contribution in [0.15, 0.2) is 5.10 Å². The summed E-state index contributed by atoms with van der Waals surface area (Å²) in [5, 5.41) is 3.92. The molecule has 122 valence electrons. The van der Waals surface area contributed by atoms with Gasteiger partial charge in [0, 0.05) is 18.1 Å². The van der Waals surface area contributed by atoms with Gasteiger partial charge in [-0.2, -0.15) is 5.10 Å². The lowest BCUT2D eigenvalue weighted by molar-refractivity contribution is -0.134. The average molecular weight is 325 g/mol. The summed E-state index contributed by atoms with van der Waals surface area (Å²) in [4.78, 5) is 13.0. The largest absolute Gasteiger partial charge is 0.295 e. The van der Waals surface area contributed by atoms with Crippen molar-refractivity contribution in [2.45, 2.75) is 58.0 Å². The Kier molecular flexibility index (Phi) is 2.54. The first-order valence-electron chi connectivity index (χ1n) is 7.99. The van der Waals surface area contributed by atoms with Crippen LogP contribution in [0.5, 0.6) is 0 Å². The first-order chi connectivity index (χ1) is 10.1. The van der Waals surface area contributed by atoms with Crippen molar-refractivity contribution >= 4 is 22.1 Å². The maximum absolute atomic E-state index is 13.0. The zero-order chi connectivity index (χ0) is 16.0. The maximum Gasteiger partial charge on any atom is 0.263 e. The molecule has 7 heteroatoms. The number of amides is 1. The number of carbonyl (C=O) groups is 1. The molecule has 0 radical (unpaired) electrons. The molecule has 4 aliphatic rings. The summed E-state index contributed by atoms with van der Waals surface area (Å²) in [6.07, 6.45) is 4.89. The van der Waals surface area contributed by atoms with Gasteiger partial charge in [0.25, 0.3) is 5.91 Å². The van der Waals surface area contributed by atoms with Crippen molar-refractivity contribution in [3.05, 3.63) is 0 Å². The molecule has 2 bridgehead atoms. The topological polar surface area (TPSA) is 78.8 Å². The molecule has 1 amide bonds. The SMILES string of the molecule is CC1(C)[C@H]2CC[C@@]13CS(=O)(=O)N(C(=O)[C@]1(C)CC=NN1)[C@H]3C2. The number of nitrogens with one attached hydrogen (secondary N) is 1. The molecule has 2 aliphatic heterocycles. The van der Waals surface area contributed by atoms with Gasteiger partial charge < -0.3 is 0 Å². The van der Waals surface area contributed by atoms with Gasteiger partial charge in [0.2, 0.25) is 10.0 Å². The molecule has 6 nitrogen and oxygen atoms in total. The van der Waals surface area contributed by atoms with E-state index in [2.05, 4.69) is 24.4 Å². The lowest BCUT2D eigenvalue weighted by Crippen LogP contribution is -2.56. The Morgan fingerprint density at radius 2 is 2.09 bits per heavy atom. The molecule has 22 heavy (non-hydrogen) atoms. The summed E-state index contributed by atoms with van der Waals surface area (Å²) in [5.41, 5.74) is 1.60. The van der Waals surface area contributed by atoms with Gasteiger partial charge in [-0.15, -0.1) is 0 Å². The second kappa shape index (κ2) is 3.86. The minimum Gasteiger partial charge on any atom is -0.295 e. The summed E-state index contributed by atoms with van der Waals surface area (Å²) in [6.45, 7) is 6.11. The van der Waals surface area contributed by atoms with Gasteiger partial charge in [0.05, 0.1) is 11.8 Å². The normalized spacial score (nSPS) is 46.8. The molecule has 3 fully saturated rings. The number of rotatable bonds is 1. The van der Waals surface area contributed by atoms with Crippen LogP contribution in [0.4, 0.5) is 0 Å². The standard InChI is InChI=1S/C15H23N3O3S/c1-13(2)10-4-5-15(13)9-22(20,21)18(11(15)8-10)12(19)14(3)6-7-16-17-14/h7,10-11,17H,4-6,8-9H2,1-3H3/t10-,11-,14-,15-/m0/s1. The van der Waals surface area contributed by atoms with Crippen LogP contribution in [0.3, 0.4) is 0 Å². The number of fused-ring (bicyclic) bond motifs is 1. The summed E-state index contributed by atoms with van der Waals surface area (Å²) >= 11 is 0. The van der Waals surface area contributed by atoms with Gasteiger partial charge in [-0.25, -0.2) is 12.7 Å². The smallest absolute Gasteiger partial charge is 0.263 e. The first kappa shape index (κ1) is 14.5. The Bertz CT molecular complexity index is 676. The van der Waals surface area contributed by atoms with Crippen molar-refractivity contribution < 1.29 is 13.2 Å². The molecule has 0 aromatic rings. The molecule has 4 atom stereocenters. The fourth-order valence-corrected chi connectivity index (χ4v) is 8.03. The van der Waals surface area contributed by atoms with Crippen molar-refractivity contribution in [3.8, 4) is 0 Å². The van der Waals surface area contributed by atoms with Gasteiger partial charge in [0.1, 0.15) is 5.54 Å². The molecule has 1 spiro atoms. The van der Waals surface area contributed by atoms with Crippen LogP contribution in [0.25, 0.3) is 0 Å². The third kappa shape index (κ3) is 1.44. The van der Waals surface area contributed by atoms with E-state index < -0.39 is 15.6 Å². The molecule has 2 saturated carbocycles. The highest BCUT2D eigenvalue weighted by Gasteiger charge is 2.73. The van der Waals surface area contributed by atoms with E-state index >= 15 is 0 Å². The average Bonchev–Trinajstić information content (AvgIpc) is 3.07. The molecule has 1 saturated heterocycles. The van der Waals surface area contributed by atoms with E-state index in [0.29, 0.717) is 12.3 Å². The Hall–Kier alpha value is -1.11. The Morgan fingerprint density at radius 1 is 1.36 bits per heavy atom. The van der Waals surface area contributed by atoms with Gasteiger partial charge in [-0.05, 0) is 37.5 Å². The van der Waals surface area contributed by atoms with E-state index in [1.165, 1.54) is 4.31 Å². The second-order valence-electron chi connectivity index (χ2n) is 8.18. The molecule has 4 rings (SSSR count). The van der Waals surface area contributed by atoms with Crippen LogP contribution < -0.4 is 5.43 Å². The molecule has 0 aromatic heterocycles. The zero-order valence-corrected chi connectivity index (χ0v) is 14.1. The van der Waals surface area contributed by atoms with E-state index in [9.17, 15) is 13.2 Å². The fraction of sp³-hybridized carbons (Fsp3) is 0.867. The van der Waals surface area contributed by atoms with Crippen molar-refractivity contribution in [3.63, 3.8) is 0 Å². The third-order valence-corrected chi connectivity index (χ3v) is 8.89. The van der Waals surface area contributed by atoms with Crippen LogP contribution in [-0.2, 0) is 14.8 Å². The lowest BCUT2D eigenvalue weighted by Gasteiger charge is -2.38. The highest BCUT2D eigenvalue weighted by atomic mass is 32.2. The number of carbonyl (C=O) groups excluding carboxylic acids is 1. The highest BCUT2D eigenvalue weighted by Crippen LogP contribution is 2.70. The first-order valence-corrected chi connectivity index (χ1v) is 9.60. The van der Waals surface area contributed by atoms with E-state index in [-0.39, 0.29) is 28.5 Å². The van der Waals surface area contributed by atoms with Crippen LogP contribution in [0.1, 0.15) is 46.5 Å². The van der Waals surface area contributed by atoms with E-state index in [0.717, 1.165) is 19.3 Å². The van der Waals surface area contributed by atoms with E-state index in [1.54, 1.807) is 13.1 Å². The third-order valence-electron chi connectivity index (χ3n) is 6.99. The quantitative estimate of drug-likeness (QED) is 0.783. The maximum atomic E-state index is 13.0. The Balaban J connectivity index is 1.77. The summed E-state index contributed by atoms with van der Waals surface area (Å²) in [7, 11) is -3.55. The summed E-state index contributed by atoms with van der Waals surface area (Å²) in [6, 6.07) is -0.169. The molecule has 0 aromatic carbocycles. The number of hydrogen-bond donors (Lipinski definition) is 1. The van der Waals surface area contributed by atoms with E-state index in [1.807, 2.05) is 0 Å². The Morgan fingerprint density at radius 3 is 2.68 bits per heavy atom. The van der Waals surface area contributed by atoms with Crippen LogP contribution in [0, 0.1) is 16.7 Å². The van der Waals surface area contributed by atoms with Crippen LogP contribution in [0.2, 0.25) is 0 Å². The zero-order valence-electron chi connectivity index (χ0n) is 13.3. The van der Waals surface area contributed by atoms with Gasteiger partial charge in [0.15, 0.2) is 0 Å². The van der Waals surface area contributed by atoms with Gasteiger partial charge in [-0.3, -0.25) is 10.2 Å². The van der Waals surface area contributed by atoms with E-state index in [4.69, 9.17) is 0 Å². The predicted molar refractivity (Wildman–Crippen MR) is 82.6 cm³/mol. The van der Waals surface area contributed by atoms with Crippen LogP contribution in [-0.4, -0.2) is 42.2 Å². The molecular weight excluding hydrogens is 302 g/mol. The summed E-state index contributed by atoms with van der Waals surface area (Å²) in [5.74, 6) is 0.302. The van der Waals surface area contributed by atoms with Crippen LogP contribution >= 0.6 is 0 Å². The predicted octanol–water partition coefficient (Wildman–Crippen LogP) is 1.09. The van der Waals surface area contributed by atoms with Crippen molar-refractivity contribution in [1.82, 2.24) is 9.73 Å². The molecule has 2 aliphatic carbocycles. The number of hydrogen-bond acceptors (Lipinski definition) is 5. The van der Waals surface area contributed by atoms with Crippen molar-refractivity contribution in [2.24, 2.45) is 21.8 Å². The van der Waals surface area contributed by atoms with Crippen molar-refractivity contribution in [2.75, 3.05) is 5.75 Å². The molecule has 2 heterocycles. The Labute approximate surface area is 131 Å². The molecule has 1 N–H and O–H groups in total. The lowest BCUT2D eigenvalue weighted by atomic mass is 9.69. The van der Waals surface area contributed by atoms with Crippen molar-refractivity contribution in [1.29, 1.82) is 0 Å². The highest BCUT2D eigenvalue weighted by molar-refractivity contribution is 7.90. The molecule has 0 unspecified atom stereocenters. The molecular formula is C15H23N3O3S. The monoisotopic (exact) mass is 325 g/mol. The minimum atomic E-state index is -3.55. The number of nitrogens with zero attached hydrogens (tertiary/aromatic N) is 2. The second-order valence-corrected chi connectivity index (χ2v) is 10.0. The fourth-order valence-electron chi connectivity index (χ4n) is 5.40. The number of sulfonamides is 1. The summed E-state index contributed by atoms with van der Waals surface area (Å²) < 4.78 is 26.9. The van der Waals surface area contributed by atoms with Gasteiger partial charge >= 0.3 is 0 Å².